The van der Waals surface area contributed by atoms with E-state index in [0.29, 0.717) is 0 Å². The van der Waals surface area contributed by atoms with Crippen molar-refractivity contribution in [3.63, 3.8) is 0 Å². The van der Waals surface area contributed by atoms with E-state index in [1.807, 2.05) is 0 Å². The molecule has 0 saturated carbocycles. The van der Waals surface area contributed by atoms with Crippen molar-refractivity contribution in [1.29, 1.82) is 0 Å². The van der Waals surface area contributed by atoms with Gasteiger partial charge in [-0.05, 0) is 19.8 Å². The lowest BCUT2D eigenvalue weighted by Crippen LogP contribution is -2.23. The van der Waals surface area contributed by atoms with Crippen molar-refractivity contribution in [2.45, 2.75) is 6.42 Å². The van der Waals surface area contributed by atoms with E-state index in [4.69, 9.17) is 0 Å². The third kappa shape index (κ3) is 7.52. The maximum absolute atomic E-state index is 11.7. The van der Waals surface area contributed by atoms with Gasteiger partial charge in [-0.3, -0.25) is 8.98 Å². The van der Waals surface area contributed by atoms with Crippen molar-refractivity contribution in [1.82, 2.24) is 0 Å². The molecule has 0 aromatic carbocycles. The molecule has 1 atom stereocenters. The Labute approximate surface area is 102 Å². The number of hydrogen-bond donors (Lipinski definition) is 0. The highest BCUT2D eigenvalue weighted by molar-refractivity contribution is 7.86. The molecule has 0 fully saturated rings. The summed E-state index contributed by atoms with van der Waals surface area (Å²) in [6.07, 6.45) is 0.188. The van der Waals surface area contributed by atoms with Gasteiger partial charge in [0.25, 0.3) is 10.1 Å². The first kappa shape index (κ1) is 16.6. The molecule has 0 saturated heterocycles. The molecule has 0 aromatic rings. The fourth-order valence-corrected chi connectivity index (χ4v) is 3.48. The second-order valence-corrected chi connectivity index (χ2v) is 9.56. The van der Waals surface area contributed by atoms with Gasteiger partial charge in [-0.15, -0.1) is 0 Å². The molecular weight excluding hydrogens is 267 g/mol. The Balaban J connectivity index is 4.63. The molecule has 0 N–H and O–H groups in total. The van der Waals surface area contributed by atoms with Crippen LogP contribution in [0.1, 0.15) is 6.42 Å². The zero-order chi connectivity index (χ0) is 13.7. The van der Waals surface area contributed by atoms with Gasteiger partial charge in [0.2, 0.25) is 0 Å². The third-order valence-electron chi connectivity index (χ3n) is 2.16. The molecule has 0 radical (unpaired) electrons. The van der Waals surface area contributed by atoms with E-state index in [1.54, 1.807) is 13.3 Å². The minimum atomic E-state index is -3.61. The van der Waals surface area contributed by atoms with Crippen LogP contribution in [0, 0.1) is 5.92 Å². The zero-order valence-electron chi connectivity index (χ0n) is 10.5. The Hall–Kier alpha value is -0.390. The lowest BCUT2D eigenvalue weighted by molar-refractivity contribution is -0.144. The SMILES string of the molecule is COC(=O)C(CCS(=O)(=O)OC)CP(C)(C)=O. The van der Waals surface area contributed by atoms with Crippen molar-refractivity contribution in [2.24, 2.45) is 5.92 Å². The van der Waals surface area contributed by atoms with E-state index in [1.165, 1.54) is 7.11 Å². The second kappa shape index (κ2) is 6.52. The molecular formula is C9H19O6PS. The van der Waals surface area contributed by atoms with Crippen LogP contribution in [0.2, 0.25) is 0 Å². The first-order chi connectivity index (χ1) is 7.61. The van der Waals surface area contributed by atoms with E-state index in [-0.39, 0.29) is 18.3 Å². The minimum Gasteiger partial charge on any atom is -0.469 e. The van der Waals surface area contributed by atoms with E-state index in [9.17, 15) is 17.8 Å². The standard InChI is InChI=1S/C9H19O6PS/c1-14-9(10)8(7-16(3,4)11)5-6-17(12,13)15-2/h8H,5-7H2,1-4H3. The summed E-state index contributed by atoms with van der Waals surface area (Å²) in [5, 5.41) is 0. The van der Waals surface area contributed by atoms with Crippen LogP contribution >= 0.6 is 7.14 Å². The number of methoxy groups -OCH3 is 1. The van der Waals surface area contributed by atoms with Crippen LogP contribution in [0.4, 0.5) is 0 Å². The molecule has 0 aromatic heterocycles. The normalized spacial score (nSPS) is 14.4. The maximum atomic E-state index is 11.7. The quantitative estimate of drug-likeness (QED) is 0.390. The van der Waals surface area contributed by atoms with Crippen LogP contribution in [-0.2, 0) is 28.4 Å². The van der Waals surface area contributed by atoms with Gasteiger partial charge in [0, 0.05) is 6.16 Å². The predicted molar refractivity (Wildman–Crippen MR) is 65.2 cm³/mol. The molecule has 17 heavy (non-hydrogen) atoms. The molecule has 0 heterocycles. The van der Waals surface area contributed by atoms with Crippen LogP contribution < -0.4 is 0 Å². The van der Waals surface area contributed by atoms with Gasteiger partial charge in [-0.25, -0.2) is 0 Å². The Morgan fingerprint density at radius 2 is 1.82 bits per heavy atom. The lowest BCUT2D eigenvalue weighted by atomic mass is 10.1. The zero-order valence-corrected chi connectivity index (χ0v) is 12.2. The Bertz CT molecular complexity index is 396. The molecule has 102 valence electrons. The van der Waals surface area contributed by atoms with E-state index in [2.05, 4.69) is 8.92 Å². The molecule has 0 bridgehead atoms. The molecule has 6 nitrogen and oxygen atoms in total. The van der Waals surface area contributed by atoms with Gasteiger partial charge in [0.05, 0.1) is 33.0 Å². The summed E-state index contributed by atoms with van der Waals surface area (Å²) in [4.78, 5) is 11.4. The average molecular weight is 286 g/mol. The summed E-state index contributed by atoms with van der Waals surface area (Å²) in [5.74, 6) is -1.51. The van der Waals surface area contributed by atoms with E-state index < -0.39 is 29.1 Å². The highest BCUT2D eigenvalue weighted by Crippen LogP contribution is 2.39. The van der Waals surface area contributed by atoms with Crippen LogP contribution in [0.5, 0.6) is 0 Å². The fourth-order valence-electron chi connectivity index (χ4n) is 1.35. The summed E-state index contributed by atoms with van der Waals surface area (Å²) in [5.41, 5.74) is 0. The number of rotatable bonds is 7. The van der Waals surface area contributed by atoms with Gasteiger partial charge in [0.1, 0.15) is 0 Å². The Morgan fingerprint density at radius 1 is 1.29 bits per heavy atom. The van der Waals surface area contributed by atoms with Gasteiger partial charge >= 0.3 is 5.97 Å². The van der Waals surface area contributed by atoms with Crippen molar-refractivity contribution in [2.75, 3.05) is 39.5 Å². The van der Waals surface area contributed by atoms with Crippen molar-refractivity contribution in [3.8, 4) is 0 Å². The van der Waals surface area contributed by atoms with E-state index >= 15 is 0 Å². The molecule has 0 aliphatic carbocycles. The average Bonchev–Trinajstić information content (AvgIpc) is 2.21. The summed E-state index contributed by atoms with van der Waals surface area (Å²) < 4.78 is 42.8. The minimum absolute atomic E-state index is 0.0501. The highest BCUT2D eigenvalue weighted by atomic mass is 32.2. The van der Waals surface area contributed by atoms with Crippen molar-refractivity contribution >= 4 is 23.2 Å². The van der Waals surface area contributed by atoms with Gasteiger partial charge < -0.3 is 9.30 Å². The van der Waals surface area contributed by atoms with Crippen LogP contribution in [0.15, 0.2) is 0 Å². The van der Waals surface area contributed by atoms with Gasteiger partial charge in [-0.2, -0.15) is 8.42 Å². The van der Waals surface area contributed by atoms with Crippen LogP contribution in [0.3, 0.4) is 0 Å². The first-order valence-electron chi connectivity index (χ1n) is 5.01. The number of hydrogen-bond acceptors (Lipinski definition) is 6. The number of carbonyl (C=O) groups excluding carboxylic acids is 1. The molecule has 1 unspecified atom stereocenters. The monoisotopic (exact) mass is 286 g/mol. The largest absolute Gasteiger partial charge is 0.469 e. The predicted octanol–water partition coefficient (Wildman–Crippen LogP) is 0.765. The molecule has 0 aliphatic rings. The Kier molecular flexibility index (Phi) is 6.37. The lowest BCUT2D eigenvalue weighted by Gasteiger charge is -2.16. The number of esters is 1. The van der Waals surface area contributed by atoms with E-state index in [0.717, 1.165) is 7.11 Å². The summed E-state index contributed by atoms with van der Waals surface area (Å²) in [7, 11) is -3.74. The first-order valence-corrected chi connectivity index (χ1v) is 9.38. The summed E-state index contributed by atoms with van der Waals surface area (Å²) in [6, 6.07) is 0. The maximum Gasteiger partial charge on any atom is 0.309 e. The van der Waals surface area contributed by atoms with Gasteiger partial charge in [0.15, 0.2) is 0 Å². The van der Waals surface area contributed by atoms with Crippen LogP contribution in [-0.4, -0.2) is 53.9 Å². The fraction of sp³-hybridized carbons (Fsp3) is 0.889. The molecule has 0 spiro atoms. The second-order valence-electron chi connectivity index (χ2n) is 4.19. The molecule has 0 aliphatic heterocycles. The molecule has 0 amide bonds. The van der Waals surface area contributed by atoms with Gasteiger partial charge in [-0.1, -0.05) is 0 Å². The molecule has 0 rings (SSSR count). The Morgan fingerprint density at radius 3 is 2.18 bits per heavy atom. The van der Waals surface area contributed by atoms with Crippen molar-refractivity contribution < 1.29 is 26.7 Å². The van der Waals surface area contributed by atoms with Crippen LogP contribution in [0.25, 0.3) is 0 Å². The summed E-state index contributed by atoms with van der Waals surface area (Å²) >= 11 is 0. The number of ether oxygens (including phenoxy) is 1. The smallest absolute Gasteiger partial charge is 0.309 e. The van der Waals surface area contributed by atoms with Crippen molar-refractivity contribution in [3.05, 3.63) is 0 Å². The third-order valence-corrected chi connectivity index (χ3v) is 4.73. The highest BCUT2D eigenvalue weighted by Gasteiger charge is 2.26. The topological polar surface area (TPSA) is 86.7 Å². The number of carbonyl (C=O) groups is 1. The summed E-state index contributed by atoms with van der Waals surface area (Å²) in [6.45, 7) is 3.10. The molecule has 8 heteroatoms.